The maximum Gasteiger partial charge on any atom is 0.138 e. The van der Waals surface area contributed by atoms with E-state index in [1.165, 1.54) is 11.3 Å². The Hall–Kier alpha value is -3.88. The predicted molar refractivity (Wildman–Crippen MR) is 145 cm³/mol. The van der Waals surface area contributed by atoms with E-state index in [1.807, 2.05) is 39.7 Å². The first kappa shape index (κ1) is 23.5. The second-order valence-corrected chi connectivity index (χ2v) is 9.70. The molecule has 0 aliphatic carbocycles. The highest BCUT2D eigenvalue weighted by Gasteiger charge is 2.23. The van der Waals surface area contributed by atoms with Crippen LogP contribution in [0.2, 0.25) is 0 Å². The summed E-state index contributed by atoms with van der Waals surface area (Å²) < 4.78 is 10.1. The molecule has 37 heavy (non-hydrogen) atoms. The van der Waals surface area contributed by atoms with Gasteiger partial charge < -0.3 is 28.4 Å². The van der Waals surface area contributed by atoms with Gasteiger partial charge in [0.15, 0.2) is 0 Å². The first-order chi connectivity index (χ1) is 18.2. The standard InChI is InChI=1S/C18H19N3O.C11H13N3O/c1-2-4-15(5-3-1)14-22-17-7-10-21(13-17)16-6-9-20-11-8-19-18(20)12-16;15-10-2-5-14(8-10)9-1-4-13-6-3-12-11(13)7-9/h1-6,8-9,11-12,17H,7,10,13-14H2;1,3-4,6-7,10,15H,2,5,8H2. The van der Waals surface area contributed by atoms with E-state index in [0.717, 1.165) is 56.0 Å². The maximum absolute atomic E-state index is 9.47. The monoisotopic (exact) mass is 496 g/mol. The molecule has 2 aliphatic rings. The van der Waals surface area contributed by atoms with Crippen molar-refractivity contribution in [1.82, 2.24) is 18.8 Å². The lowest BCUT2D eigenvalue weighted by molar-refractivity contribution is 0.0553. The minimum absolute atomic E-state index is 0.180. The number of nitrogens with zero attached hydrogens (tertiary/aromatic N) is 6. The zero-order valence-corrected chi connectivity index (χ0v) is 20.8. The molecule has 1 aromatic carbocycles. The summed E-state index contributed by atoms with van der Waals surface area (Å²) in [6.07, 6.45) is 13.6. The van der Waals surface area contributed by atoms with Gasteiger partial charge in [-0.25, -0.2) is 9.97 Å². The average Bonchev–Trinajstić information content (AvgIpc) is 3.74. The molecule has 8 heteroatoms. The van der Waals surface area contributed by atoms with Crippen molar-refractivity contribution in [3.8, 4) is 0 Å². The van der Waals surface area contributed by atoms with Gasteiger partial charge >= 0.3 is 0 Å². The molecule has 2 aliphatic heterocycles. The molecule has 8 nitrogen and oxygen atoms in total. The van der Waals surface area contributed by atoms with Crippen molar-refractivity contribution in [1.29, 1.82) is 0 Å². The van der Waals surface area contributed by atoms with E-state index < -0.39 is 0 Å². The molecule has 0 amide bonds. The number of aliphatic hydroxyl groups is 1. The molecular formula is C29H32N6O2. The first-order valence-corrected chi connectivity index (χ1v) is 12.9. The highest BCUT2D eigenvalue weighted by Crippen LogP contribution is 2.24. The van der Waals surface area contributed by atoms with Gasteiger partial charge in [-0.05, 0) is 30.5 Å². The van der Waals surface area contributed by atoms with Crippen molar-refractivity contribution >= 4 is 22.7 Å². The quantitative estimate of drug-likeness (QED) is 0.396. The molecular weight excluding hydrogens is 464 g/mol. The molecule has 7 rings (SSSR count). The van der Waals surface area contributed by atoms with Crippen LogP contribution in [0.3, 0.4) is 0 Å². The average molecular weight is 497 g/mol. The van der Waals surface area contributed by atoms with E-state index in [-0.39, 0.29) is 6.10 Å². The Balaban J connectivity index is 0.000000146. The SMILES string of the molecule is OC1CCN(c2ccn3ccnc3c2)C1.c1ccc(COC2CCN(c3ccn4ccnc4c3)C2)cc1. The number of fused-ring (bicyclic) bond motifs is 2. The van der Waals surface area contributed by atoms with Crippen LogP contribution in [0.5, 0.6) is 0 Å². The number of rotatable bonds is 5. The van der Waals surface area contributed by atoms with E-state index in [2.05, 4.69) is 74.5 Å². The molecule has 6 heterocycles. The summed E-state index contributed by atoms with van der Waals surface area (Å²) in [5, 5.41) is 9.47. The second-order valence-electron chi connectivity index (χ2n) is 9.70. The van der Waals surface area contributed by atoms with Gasteiger partial charge in [-0.15, -0.1) is 0 Å². The van der Waals surface area contributed by atoms with Crippen molar-refractivity contribution in [2.45, 2.75) is 31.7 Å². The fourth-order valence-corrected chi connectivity index (χ4v) is 5.06. The Morgan fingerprint density at radius 2 is 1.38 bits per heavy atom. The highest BCUT2D eigenvalue weighted by atomic mass is 16.5. The molecule has 4 aromatic heterocycles. The van der Waals surface area contributed by atoms with Gasteiger partial charge in [0.05, 0.1) is 18.8 Å². The Morgan fingerprint density at radius 3 is 2.00 bits per heavy atom. The lowest BCUT2D eigenvalue weighted by atomic mass is 10.2. The van der Waals surface area contributed by atoms with E-state index >= 15 is 0 Å². The number of aliphatic hydroxyl groups excluding tert-OH is 1. The predicted octanol–water partition coefficient (Wildman–Crippen LogP) is 4.04. The van der Waals surface area contributed by atoms with Gasteiger partial charge in [0, 0.05) is 86.9 Å². The first-order valence-electron chi connectivity index (χ1n) is 12.9. The van der Waals surface area contributed by atoms with Crippen LogP contribution in [0.15, 0.2) is 91.8 Å². The van der Waals surface area contributed by atoms with Crippen molar-refractivity contribution in [3.63, 3.8) is 0 Å². The summed E-state index contributed by atoms with van der Waals surface area (Å²) in [5.41, 5.74) is 5.55. The number of hydrogen-bond acceptors (Lipinski definition) is 6. The maximum atomic E-state index is 9.47. The molecule has 0 saturated carbocycles. The number of aromatic nitrogens is 4. The number of anilines is 2. The third-order valence-corrected chi connectivity index (χ3v) is 7.13. The van der Waals surface area contributed by atoms with Crippen LogP contribution in [0.25, 0.3) is 11.3 Å². The zero-order valence-electron chi connectivity index (χ0n) is 20.8. The van der Waals surface area contributed by atoms with E-state index in [0.29, 0.717) is 12.7 Å². The molecule has 190 valence electrons. The lowest BCUT2D eigenvalue weighted by Gasteiger charge is -2.19. The Labute approximate surface area is 216 Å². The topological polar surface area (TPSA) is 70.5 Å². The summed E-state index contributed by atoms with van der Waals surface area (Å²) in [7, 11) is 0. The van der Waals surface area contributed by atoms with Gasteiger partial charge in [-0.3, -0.25) is 0 Å². The third-order valence-electron chi connectivity index (χ3n) is 7.13. The molecule has 2 unspecified atom stereocenters. The molecule has 2 atom stereocenters. The second kappa shape index (κ2) is 10.6. The number of benzene rings is 1. The number of hydrogen-bond donors (Lipinski definition) is 1. The van der Waals surface area contributed by atoms with Gasteiger partial charge in [-0.1, -0.05) is 30.3 Å². The number of ether oxygens (including phenoxy) is 1. The van der Waals surface area contributed by atoms with Crippen molar-refractivity contribution < 1.29 is 9.84 Å². The largest absolute Gasteiger partial charge is 0.391 e. The summed E-state index contributed by atoms with van der Waals surface area (Å²) in [4.78, 5) is 13.2. The van der Waals surface area contributed by atoms with Crippen molar-refractivity contribution in [3.05, 3.63) is 97.3 Å². The Bertz CT molecular complexity index is 1450. The van der Waals surface area contributed by atoms with Gasteiger partial charge in [0.1, 0.15) is 11.3 Å². The minimum Gasteiger partial charge on any atom is -0.391 e. The summed E-state index contributed by atoms with van der Waals surface area (Å²) in [5.74, 6) is 0. The van der Waals surface area contributed by atoms with E-state index in [4.69, 9.17) is 4.74 Å². The molecule has 5 aromatic rings. The summed E-state index contributed by atoms with van der Waals surface area (Å²) >= 11 is 0. The van der Waals surface area contributed by atoms with Gasteiger partial charge in [-0.2, -0.15) is 0 Å². The van der Waals surface area contributed by atoms with Crippen molar-refractivity contribution in [2.75, 3.05) is 36.0 Å². The van der Waals surface area contributed by atoms with E-state index in [9.17, 15) is 5.11 Å². The molecule has 0 spiro atoms. The van der Waals surface area contributed by atoms with Crippen LogP contribution >= 0.6 is 0 Å². The summed E-state index contributed by atoms with van der Waals surface area (Å²) in [6.45, 7) is 4.34. The fourth-order valence-electron chi connectivity index (χ4n) is 5.06. The van der Waals surface area contributed by atoms with Crippen LogP contribution < -0.4 is 9.80 Å². The summed E-state index contributed by atoms with van der Waals surface area (Å²) in [6, 6.07) is 18.8. The van der Waals surface area contributed by atoms with Gasteiger partial charge in [0.25, 0.3) is 0 Å². The van der Waals surface area contributed by atoms with Crippen molar-refractivity contribution in [2.24, 2.45) is 0 Å². The molecule has 2 fully saturated rings. The normalized spacial score (nSPS) is 19.5. The fraction of sp³-hybridized carbons (Fsp3) is 0.310. The minimum atomic E-state index is -0.180. The molecule has 0 bridgehead atoms. The van der Waals surface area contributed by atoms with E-state index in [1.54, 1.807) is 6.20 Å². The lowest BCUT2D eigenvalue weighted by Crippen LogP contribution is -2.22. The van der Waals surface area contributed by atoms with Crippen LogP contribution in [0.4, 0.5) is 11.4 Å². The number of imidazole rings is 2. The van der Waals surface area contributed by atoms with Crippen LogP contribution in [-0.2, 0) is 11.3 Å². The molecule has 1 N–H and O–H groups in total. The molecule has 2 saturated heterocycles. The third kappa shape index (κ3) is 5.45. The Kier molecular flexibility index (Phi) is 6.75. The van der Waals surface area contributed by atoms with Crippen LogP contribution in [0.1, 0.15) is 18.4 Å². The van der Waals surface area contributed by atoms with Crippen LogP contribution in [0, 0.1) is 0 Å². The highest BCUT2D eigenvalue weighted by molar-refractivity contribution is 5.57. The zero-order chi connectivity index (χ0) is 25.0. The Morgan fingerprint density at radius 1 is 0.757 bits per heavy atom. The number of β-amino-alcohol motifs (C(OH)–C–C–N with tert-alkyl or cyclic N) is 1. The number of pyridine rings is 2. The smallest absolute Gasteiger partial charge is 0.138 e. The van der Waals surface area contributed by atoms with Gasteiger partial charge in [0.2, 0.25) is 0 Å². The van der Waals surface area contributed by atoms with Crippen LogP contribution in [-0.4, -0.2) is 62.3 Å². The molecule has 0 radical (unpaired) electrons.